The lowest BCUT2D eigenvalue weighted by Gasteiger charge is -2.37. The molecule has 44 heavy (non-hydrogen) atoms. The Morgan fingerprint density at radius 3 is 2.66 bits per heavy atom. The molecule has 236 valence electrons. The molecule has 0 radical (unpaired) electrons. The van der Waals surface area contributed by atoms with Crippen molar-refractivity contribution in [2.24, 2.45) is 5.92 Å². The minimum Gasteiger partial charge on any atom is -0.479 e. The smallest absolute Gasteiger partial charge is 0.407 e. The number of aromatic nitrogens is 6. The van der Waals surface area contributed by atoms with Crippen LogP contribution in [0.15, 0.2) is 36.8 Å². The van der Waals surface area contributed by atoms with E-state index in [1.165, 1.54) is 17.2 Å². The van der Waals surface area contributed by atoms with Crippen molar-refractivity contribution in [3.8, 4) is 17.0 Å². The van der Waals surface area contributed by atoms with Gasteiger partial charge in [-0.3, -0.25) is 4.98 Å². The minimum absolute atomic E-state index is 0.00636. The second-order valence-corrected chi connectivity index (χ2v) is 18.2. The minimum atomic E-state index is -2.16. The summed E-state index contributed by atoms with van der Waals surface area (Å²) in [5.41, 5.74) is 3.28. The fraction of sp³-hybridized carbons (Fsp3) is 0.500. The summed E-state index contributed by atoms with van der Waals surface area (Å²) in [6, 6.07) is 4.81. The van der Waals surface area contributed by atoms with Gasteiger partial charge in [0.15, 0.2) is 14.4 Å². The van der Waals surface area contributed by atoms with Crippen molar-refractivity contribution in [3.63, 3.8) is 0 Å². The van der Waals surface area contributed by atoms with E-state index >= 15 is 0 Å². The van der Waals surface area contributed by atoms with Crippen molar-refractivity contribution in [3.05, 3.63) is 59.0 Å². The molecular weight excluding hydrogens is 605 g/mol. The summed E-state index contributed by atoms with van der Waals surface area (Å²) in [6.45, 7) is 15.9. The number of amides is 1. The summed E-state index contributed by atoms with van der Waals surface area (Å²) in [5, 5.41) is 23.3. The Hall–Kier alpha value is -3.55. The van der Waals surface area contributed by atoms with Crippen LogP contribution in [0.25, 0.3) is 16.8 Å². The zero-order valence-corrected chi connectivity index (χ0v) is 27.8. The van der Waals surface area contributed by atoms with Gasteiger partial charge < -0.3 is 19.2 Å². The molecule has 5 rings (SSSR count). The molecule has 0 spiro atoms. The summed E-state index contributed by atoms with van der Waals surface area (Å²) in [6.07, 6.45) is 3.61. The van der Waals surface area contributed by atoms with Gasteiger partial charge in [-0.05, 0) is 55.6 Å². The Kier molecular flexibility index (Phi) is 8.75. The van der Waals surface area contributed by atoms with Crippen LogP contribution in [0, 0.1) is 18.7 Å². The quantitative estimate of drug-likeness (QED) is 0.208. The lowest BCUT2D eigenvalue weighted by Crippen LogP contribution is -2.43. The number of hydrogen-bond acceptors (Lipinski definition) is 7. The molecule has 3 unspecified atom stereocenters. The van der Waals surface area contributed by atoms with E-state index in [-0.39, 0.29) is 23.6 Å². The summed E-state index contributed by atoms with van der Waals surface area (Å²) < 4.78 is 30.5. The van der Waals surface area contributed by atoms with Crippen LogP contribution in [0.3, 0.4) is 0 Å². The molecule has 1 aliphatic rings. The van der Waals surface area contributed by atoms with Gasteiger partial charge in [0.05, 0.1) is 41.5 Å². The van der Waals surface area contributed by atoms with Crippen molar-refractivity contribution in [2.75, 3.05) is 19.7 Å². The number of pyridine rings is 2. The van der Waals surface area contributed by atoms with E-state index in [2.05, 4.69) is 54.3 Å². The molecule has 1 aliphatic heterocycles. The Morgan fingerprint density at radius 2 is 2.02 bits per heavy atom. The third kappa shape index (κ3) is 6.31. The SMILES string of the molecule is Cc1c(-c2cc(OC(CO[Si](C)(C)C(C)(C)C)c3ccc(F)cn3)c3c(Cl)cnn3c2)nnn1C1CCN(C(=O)O)CC1C. The number of hydrogen-bond donors (Lipinski definition) is 1. The van der Waals surface area contributed by atoms with E-state index in [0.29, 0.717) is 52.8 Å². The number of halogens is 2. The maximum Gasteiger partial charge on any atom is 0.407 e. The van der Waals surface area contributed by atoms with E-state index in [1.807, 2.05) is 30.8 Å². The number of carbonyl (C=O) groups is 1. The van der Waals surface area contributed by atoms with Crippen LogP contribution in [0.2, 0.25) is 23.2 Å². The monoisotopic (exact) mass is 643 g/mol. The Bertz CT molecular complexity index is 1650. The zero-order chi connectivity index (χ0) is 32.0. The summed E-state index contributed by atoms with van der Waals surface area (Å²) in [5.74, 6) is 0.0591. The van der Waals surface area contributed by atoms with Crippen molar-refractivity contribution >= 4 is 31.5 Å². The topological polar surface area (TPSA) is 120 Å². The predicted molar refractivity (Wildman–Crippen MR) is 167 cm³/mol. The third-order valence-corrected chi connectivity index (χ3v) is 13.7. The average molecular weight is 644 g/mol. The average Bonchev–Trinajstić information content (AvgIpc) is 3.52. The van der Waals surface area contributed by atoms with Crippen LogP contribution in [0.5, 0.6) is 5.75 Å². The van der Waals surface area contributed by atoms with Gasteiger partial charge in [0.2, 0.25) is 0 Å². The molecule has 1 saturated heterocycles. The molecule has 11 nitrogen and oxygen atoms in total. The molecule has 1 fully saturated rings. The zero-order valence-electron chi connectivity index (χ0n) is 26.1. The maximum absolute atomic E-state index is 13.8. The highest BCUT2D eigenvalue weighted by Crippen LogP contribution is 2.39. The van der Waals surface area contributed by atoms with E-state index in [0.717, 1.165) is 5.69 Å². The van der Waals surface area contributed by atoms with Crippen LogP contribution in [-0.4, -0.2) is 73.7 Å². The fourth-order valence-electron chi connectivity index (χ4n) is 5.27. The standard InChI is InChI=1S/C30H39ClFN7O4Si/c1-18-15-37(29(40)41)11-10-24(18)39-19(2)27(35-36-39)20-12-25(28-22(31)14-34-38(28)16-20)43-26(23-9-8-21(32)13-33-23)17-42-44(6,7)30(3,4)5/h8-9,12-14,16,18,24,26H,10-11,15,17H2,1-7H3,(H,40,41). The van der Waals surface area contributed by atoms with E-state index in [1.54, 1.807) is 16.8 Å². The van der Waals surface area contributed by atoms with Crippen LogP contribution in [0.1, 0.15) is 57.6 Å². The van der Waals surface area contributed by atoms with Gasteiger partial charge in [-0.25, -0.2) is 18.4 Å². The largest absolute Gasteiger partial charge is 0.479 e. The fourth-order valence-corrected chi connectivity index (χ4v) is 6.50. The van der Waals surface area contributed by atoms with Crippen molar-refractivity contribution in [1.82, 2.24) is 34.5 Å². The first-order chi connectivity index (χ1) is 20.7. The number of rotatable bonds is 8. The van der Waals surface area contributed by atoms with E-state index < -0.39 is 26.3 Å². The highest BCUT2D eigenvalue weighted by atomic mass is 35.5. The van der Waals surface area contributed by atoms with Gasteiger partial charge in [0.25, 0.3) is 0 Å². The first-order valence-electron chi connectivity index (χ1n) is 14.6. The van der Waals surface area contributed by atoms with Gasteiger partial charge in [0.1, 0.15) is 22.8 Å². The number of piperidine rings is 1. The molecular formula is C30H39ClFN7O4Si. The van der Waals surface area contributed by atoms with Gasteiger partial charge >= 0.3 is 6.09 Å². The molecule has 0 bridgehead atoms. The highest BCUT2D eigenvalue weighted by Gasteiger charge is 2.38. The molecule has 4 aromatic heterocycles. The molecule has 0 aromatic carbocycles. The first kappa shape index (κ1) is 31.9. The molecule has 0 saturated carbocycles. The molecule has 14 heteroatoms. The Balaban J connectivity index is 1.51. The summed E-state index contributed by atoms with van der Waals surface area (Å²) in [7, 11) is -2.16. The van der Waals surface area contributed by atoms with Gasteiger partial charge in [0, 0.05) is 24.8 Å². The molecule has 1 N–H and O–H groups in total. The van der Waals surface area contributed by atoms with Crippen LogP contribution in [-0.2, 0) is 4.43 Å². The van der Waals surface area contributed by atoms with Crippen LogP contribution in [0.4, 0.5) is 9.18 Å². The lowest BCUT2D eigenvalue weighted by molar-refractivity contribution is 0.0996. The van der Waals surface area contributed by atoms with E-state index in [9.17, 15) is 14.3 Å². The normalized spacial score (nSPS) is 18.5. The first-order valence-corrected chi connectivity index (χ1v) is 17.9. The third-order valence-electron chi connectivity index (χ3n) is 8.93. The second-order valence-electron chi connectivity index (χ2n) is 13.0. The summed E-state index contributed by atoms with van der Waals surface area (Å²) >= 11 is 6.59. The molecule has 1 amide bonds. The molecule has 3 atom stereocenters. The second kappa shape index (κ2) is 12.1. The molecule has 0 aliphatic carbocycles. The van der Waals surface area contributed by atoms with E-state index in [4.69, 9.17) is 20.8 Å². The van der Waals surface area contributed by atoms with Crippen molar-refractivity contribution in [2.45, 2.75) is 71.3 Å². The number of fused-ring (bicyclic) bond motifs is 1. The highest BCUT2D eigenvalue weighted by molar-refractivity contribution is 6.74. The van der Waals surface area contributed by atoms with Gasteiger partial charge in [-0.15, -0.1) is 5.10 Å². The lowest BCUT2D eigenvalue weighted by atomic mass is 9.94. The Morgan fingerprint density at radius 1 is 1.27 bits per heavy atom. The number of likely N-dealkylation sites (tertiary alicyclic amines) is 1. The molecule has 4 aromatic rings. The number of ether oxygens (including phenoxy) is 1. The van der Waals surface area contributed by atoms with Crippen molar-refractivity contribution < 1.29 is 23.5 Å². The van der Waals surface area contributed by atoms with Crippen LogP contribution < -0.4 is 4.74 Å². The number of nitrogens with zero attached hydrogens (tertiary/aromatic N) is 7. The van der Waals surface area contributed by atoms with Gasteiger partial charge in [-0.1, -0.05) is 44.5 Å². The van der Waals surface area contributed by atoms with Gasteiger partial charge in [-0.2, -0.15) is 5.10 Å². The maximum atomic E-state index is 13.8. The molecule has 5 heterocycles. The Labute approximate surface area is 262 Å². The number of carboxylic acid groups (broad SMARTS) is 1. The summed E-state index contributed by atoms with van der Waals surface area (Å²) in [4.78, 5) is 17.2. The van der Waals surface area contributed by atoms with Crippen LogP contribution >= 0.6 is 11.6 Å². The van der Waals surface area contributed by atoms with Crippen molar-refractivity contribution in [1.29, 1.82) is 0 Å². The predicted octanol–water partition coefficient (Wildman–Crippen LogP) is 6.79.